The molecule has 0 unspecified atom stereocenters. The summed E-state index contributed by atoms with van der Waals surface area (Å²) in [6.45, 7) is 0. The Labute approximate surface area is 61.1 Å². The van der Waals surface area contributed by atoms with E-state index in [2.05, 4.69) is 31.5 Å². The Morgan fingerprint density at radius 3 is 1.86 bits per heavy atom. The summed E-state index contributed by atoms with van der Waals surface area (Å²) in [6, 6.07) is 0. The van der Waals surface area contributed by atoms with Gasteiger partial charge in [0.15, 0.2) is 0 Å². The Kier molecular flexibility index (Phi) is 2.23. The van der Waals surface area contributed by atoms with Crippen LogP contribution in [0.3, 0.4) is 0 Å². The van der Waals surface area contributed by atoms with Crippen LogP contribution in [-0.2, 0) is 0 Å². The van der Waals surface area contributed by atoms with Gasteiger partial charge in [-0.1, -0.05) is 19.3 Å². The van der Waals surface area contributed by atoms with Crippen molar-refractivity contribution in [3.8, 4) is 0 Å². The highest BCUT2D eigenvalue weighted by Crippen LogP contribution is 2.39. The molecule has 0 N–H and O–H groups in total. The molecule has 0 spiro atoms. The van der Waals surface area contributed by atoms with E-state index >= 15 is 0 Å². The Balaban J connectivity index is 2.14. The molecule has 0 aromatic rings. The maximum Gasteiger partial charge on any atom is 0.301 e. The lowest BCUT2D eigenvalue weighted by atomic mass is 9.70. The van der Waals surface area contributed by atoms with Crippen LogP contribution in [0.15, 0.2) is 0 Å². The second-order valence-corrected chi connectivity index (χ2v) is 5.23. The van der Waals surface area contributed by atoms with Crippen molar-refractivity contribution in [2.24, 2.45) is 0 Å². The molecule has 0 saturated heterocycles. The standard InChI is InChI=1S/C4H7BBr2/c6-5(7)4-2-1-3-4/h4H,1-3H2. The maximum absolute atomic E-state index is 3.47. The molecule has 1 aliphatic carbocycles. The van der Waals surface area contributed by atoms with Gasteiger partial charge in [0.2, 0.25) is 0 Å². The van der Waals surface area contributed by atoms with E-state index in [1.165, 1.54) is 19.3 Å². The van der Waals surface area contributed by atoms with Crippen LogP contribution in [0, 0.1) is 0 Å². The van der Waals surface area contributed by atoms with Crippen molar-refractivity contribution < 1.29 is 0 Å². The summed E-state index contributed by atoms with van der Waals surface area (Å²) in [7, 11) is 0. The van der Waals surface area contributed by atoms with E-state index < -0.39 is 0 Å². The van der Waals surface area contributed by atoms with E-state index in [0.717, 1.165) is 5.82 Å². The molecule has 3 heteroatoms. The van der Waals surface area contributed by atoms with E-state index in [1.807, 2.05) is 0 Å². The summed E-state index contributed by atoms with van der Waals surface area (Å²) < 4.78 is 0.578. The molecule has 0 aliphatic heterocycles. The number of halogens is 2. The second kappa shape index (κ2) is 2.54. The molecule has 1 rings (SSSR count). The van der Waals surface area contributed by atoms with Crippen molar-refractivity contribution in [1.82, 2.24) is 0 Å². The molecule has 0 heterocycles. The van der Waals surface area contributed by atoms with E-state index in [-0.39, 0.29) is 0 Å². The summed E-state index contributed by atoms with van der Waals surface area (Å²) >= 11 is 6.94. The largest absolute Gasteiger partial charge is 0.301 e. The molecule has 0 bridgehead atoms. The van der Waals surface area contributed by atoms with E-state index in [1.54, 1.807) is 0 Å². The molecule has 0 aromatic heterocycles. The van der Waals surface area contributed by atoms with Crippen LogP contribution in [0.5, 0.6) is 0 Å². The van der Waals surface area contributed by atoms with Crippen molar-refractivity contribution in [3.05, 3.63) is 0 Å². The van der Waals surface area contributed by atoms with Crippen LogP contribution in [0.1, 0.15) is 19.3 Å². The van der Waals surface area contributed by atoms with Gasteiger partial charge in [0.1, 0.15) is 0 Å². The van der Waals surface area contributed by atoms with Gasteiger partial charge < -0.3 is 0 Å². The lowest BCUT2D eigenvalue weighted by molar-refractivity contribution is 0.502. The van der Waals surface area contributed by atoms with Crippen molar-refractivity contribution in [3.63, 3.8) is 0 Å². The number of hydrogen-bond donors (Lipinski definition) is 0. The summed E-state index contributed by atoms with van der Waals surface area (Å²) in [5.41, 5.74) is 0. The van der Waals surface area contributed by atoms with Gasteiger partial charge in [-0.15, -0.1) is 31.5 Å². The molecule has 0 aromatic carbocycles. The minimum atomic E-state index is 0.578. The molecule has 0 atom stereocenters. The summed E-state index contributed by atoms with van der Waals surface area (Å²) in [5.74, 6) is 0.917. The van der Waals surface area contributed by atoms with Gasteiger partial charge in [-0.3, -0.25) is 0 Å². The van der Waals surface area contributed by atoms with E-state index in [0.29, 0.717) is 4.36 Å². The first-order chi connectivity index (χ1) is 3.30. The second-order valence-electron chi connectivity index (χ2n) is 2.03. The summed E-state index contributed by atoms with van der Waals surface area (Å²) in [6.07, 6.45) is 4.24. The summed E-state index contributed by atoms with van der Waals surface area (Å²) in [4.78, 5) is 0. The molecule has 0 radical (unpaired) electrons. The fourth-order valence-electron chi connectivity index (χ4n) is 0.692. The highest BCUT2D eigenvalue weighted by Gasteiger charge is 2.25. The molecule has 0 amide bonds. The molecular weight excluding hydrogens is 219 g/mol. The maximum atomic E-state index is 3.47. The van der Waals surface area contributed by atoms with Crippen LogP contribution < -0.4 is 0 Å². The molecular formula is C4H7BBr2. The first-order valence-electron chi connectivity index (χ1n) is 2.59. The van der Waals surface area contributed by atoms with Crippen molar-refractivity contribution >= 4 is 35.9 Å². The highest BCUT2D eigenvalue weighted by atomic mass is 79.9. The van der Waals surface area contributed by atoms with Crippen LogP contribution in [0.25, 0.3) is 0 Å². The molecule has 1 saturated carbocycles. The van der Waals surface area contributed by atoms with Gasteiger partial charge in [0.05, 0.1) is 0 Å². The van der Waals surface area contributed by atoms with Crippen LogP contribution in [0.4, 0.5) is 0 Å². The number of rotatable bonds is 1. The predicted octanol–water partition coefficient (Wildman–Crippen LogP) is 2.82. The molecule has 0 nitrogen and oxygen atoms in total. The lowest BCUT2D eigenvalue weighted by Gasteiger charge is -2.24. The first-order valence-corrected chi connectivity index (χ1v) is 4.42. The third-order valence-electron chi connectivity index (χ3n) is 1.51. The minimum Gasteiger partial charge on any atom is -0.139 e. The highest BCUT2D eigenvalue weighted by molar-refractivity contribution is 9.49. The number of hydrogen-bond acceptors (Lipinski definition) is 0. The van der Waals surface area contributed by atoms with Crippen molar-refractivity contribution in [1.29, 1.82) is 0 Å². The van der Waals surface area contributed by atoms with Gasteiger partial charge >= 0.3 is 4.36 Å². The fraction of sp³-hybridized carbons (Fsp3) is 1.00. The van der Waals surface area contributed by atoms with Gasteiger partial charge in [-0.25, -0.2) is 0 Å². The van der Waals surface area contributed by atoms with Crippen LogP contribution in [0.2, 0.25) is 5.82 Å². The van der Waals surface area contributed by atoms with Crippen LogP contribution >= 0.6 is 31.5 Å². The molecule has 1 fully saturated rings. The van der Waals surface area contributed by atoms with Gasteiger partial charge in [-0.2, -0.15) is 0 Å². The zero-order valence-corrected chi connectivity index (χ0v) is 7.20. The lowest BCUT2D eigenvalue weighted by Crippen LogP contribution is -2.13. The van der Waals surface area contributed by atoms with Gasteiger partial charge in [0.25, 0.3) is 0 Å². The molecule has 1 aliphatic rings. The van der Waals surface area contributed by atoms with Crippen molar-refractivity contribution in [2.45, 2.75) is 25.1 Å². The quantitative estimate of drug-likeness (QED) is 0.602. The molecule has 40 valence electrons. The zero-order chi connectivity index (χ0) is 5.28. The third-order valence-corrected chi connectivity index (χ3v) is 3.00. The molecule has 7 heavy (non-hydrogen) atoms. The zero-order valence-electron chi connectivity index (χ0n) is 4.03. The first kappa shape index (κ1) is 6.15. The van der Waals surface area contributed by atoms with Crippen molar-refractivity contribution in [2.75, 3.05) is 0 Å². The van der Waals surface area contributed by atoms with Gasteiger partial charge in [0, 0.05) is 0 Å². The predicted molar refractivity (Wildman–Crippen MR) is 41.2 cm³/mol. The Hall–Kier alpha value is 1.02. The SMILES string of the molecule is BrB(Br)C1CCC1. The average Bonchev–Trinajstić information content (AvgIpc) is 1.23. The summed E-state index contributed by atoms with van der Waals surface area (Å²) in [5, 5.41) is 0. The normalized spacial score (nSPS) is 21.4. The smallest absolute Gasteiger partial charge is 0.139 e. The van der Waals surface area contributed by atoms with Crippen LogP contribution in [-0.4, -0.2) is 4.36 Å². The third kappa shape index (κ3) is 1.46. The Bertz CT molecular complexity index is 60.7. The topological polar surface area (TPSA) is 0 Å². The monoisotopic (exact) mass is 224 g/mol. The fourth-order valence-corrected chi connectivity index (χ4v) is 1.75. The van der Waals surface area contributed by atoms with E-state index in [4.69, 9.17) is 0 Å². The van der Waals surface area contributed by atoms with E-state index in [9.17, 15) is 0 Å². The average molecular weight is 226 g/mol. The minimum absolute atomic E-state index is 0.578. The Morgan fingerprint density at radius 2 is 1.86 bits per heavy atom. The van der Waals surface area contributed by atoms with Gasteiger partial charge in [-0.05, 0) is 5.82 Å². The Morgan fingerprint density at radius 1 is 1.29 bits per heavy atom.